The smallest absolute Gasteiger partial charge is 0.244 e. The zero-order valence-electron chi connectivity index (χ0n) is 14.9. The lowest BCUT2D eigenvalue weighted by atomic mass is 9.88. The summed E-state index contributed by atoms with van der Waals surface area (Å²) in [5.41, 5.74) is 5.66. The number of benzene rings is 1. The van der Waals surface area contributed by atoms with Crippen LogP contribution in [-0.2, 0) is 14.3 Å². The molecule has 2 amide bonds. The average molecular weight is 363 g/mol. The third kappa shape index (κ3) is 4.40. The molecule has 1 heterocycles. The minimum absolute atomic E-state index is 0.0732. The van der Waals surface area contributed by atoms with Gasteiger partial charge in [0.15, 0.2) is 0 Å². The summed E-state index contributed by atoms with van der Waals surface area (Å²) in [6.45, 7) is 0.881. The number of halogens is 1. The molecule has 7 heteroatoms. The van der Waals surface area contributed by atoms with Gasteiger partial charge in [-0.15, -0.1) is 0 Å². The summed E-state index contributed by atoms with van der Waals surface area (Å²) < 4.78 is 19.3. The fourth-order valence-corrected chi connectivity index (χ4v) is 3.52. The van der Waals surface area contributed by atoms with Crippen LogP contribution in [0.25, 0.3) is 0 Å². The van der Waals surface area contributed by atoms with E-state index in [1.807, 2.05) is 0 Å². The van der Waals surface area contributed by atoms with Crippen LogP contribution in [0, 0.1) is 11.7 Å². The molecule has 0 unspecified atom stereocenters. The van der Waals surface area contributed by atoms with Gasteiger partial charge in [-0.2, -0.15) is 0 Å². The van der Waals surface area contributed by atoms with Crippen LogP contribution in [-0.4, -0.2) is 30.6 Å². The van der Waals surface area contributed by atoms with Crippen LogP contribution in [0.3, 0.4) is 0 Å². The molecule has 2 aliphatic rings. The average Bonchev–Trinajstić information content (AvgIpc) is 2.65. The van der Waals surface area contributed by atoms with Crippen LogP contribution in [0.2, 0.25) is 0 Å². The van der Waals surface area contributed by atoms with E-state index in [-0.39, 0.29) is 23.4 Å². The van der Waals surface area contributed by atoms with Crippen molar-refractivity contribution in [3.8, 4) is 0 Å². The predicted molar refractivity (Wildman–Crippen MR) is 97.2 cm³/mol. The molecule has 1 saturated heterocycles. The van der Waals surface area contributed by atoms with E-state index in [0.29, 0.717) is 31.7 Å². The fraction of sp³-hybridized carbons (Fsp3) is 0.579. The van der Waals surface area contributed by atoms with E-state index >= 15 is 0 Å². The van der Waals surface area contributed by atoms with Gasteiger partial charge in [0.25, 0.3) is 0 Å². The van der Waals surface area contributed by atoms with Crippen molar-refractivity contribution in [1.82, 2.24) is 0 Å². The van der Waals surface area contributed by atoms with Gasteiger partial charge in [-0.1, -0.05) is 19.3 Å². The van der Waals surface area contributed by atoms with E-state index in [0.717, 1.165) is 32.1 Å². The molecule has 1 aromatic carbocycles. The van der Waals surface area contributed by atoms with Crippen LogP contribution in [0.5, 0.6) is 0 Å². The minimum atomic E-state index is -0.988. The first-order valence-electron chi connectivity index (χ1n) is 9.26. The third-order valence-corrected chi connectivity index (χ3v) is 5.30. The second-order valence-corrected chi connectivity index (χ2v) is 7.24. The molecule has 26 heavy (non-hydrogen) atoms. The van der Waals surface area contributed by atoms with Gasteiger partial charge >= 0.3 is 0 Å². The van der Waals surface area contributed by atoms with Crippen molar-refractivity contribution >= 4 is 23.2 Å². The monoisotopic (exact) mass is 363 g/mol. The number of ether oxygens (including phenoxy) is 1. The predicted octanol–water partition coefficient (Wildman–Crippen LogP) is 2.79. The molecule has 0 radical (unpaired) electrons. The molecule has 1 aliphatic carbocycles. The SMILES string of the molecule is NC1(C(=O)Nc2ccc(F)c(NC(=O)C3CCCCC3)c2)CCOCC1. The zero-order valence-corrected chi connectivity index (χ0v) is 14.9. The molecule has 1 aromatic rings. The summed E-state index contributed by atoms with van der Waals surface area (Å²) >= 11 is 0. The first kappa shape index (κ1) is 18.8. The lowest BCUT2D eigenvalue weighted by Gasteiger charge is -2.31. The van der Waals surface area contributed by atoms with Crippen LogP contribution >= 0.6 is 0 Å². The fourth-order valence-electron chi connectivity index (χ4n) is 3.52. The summed E-state index contributed by atoms with van der Waals surface area (Å²) in [6.07, 6.45) is 5.74. The number of rotatable bonds is 4. The van der Waals surface area contributed by atoms with Crippen molar-refractivity contribution < 1.29 is 18.7 Å². The Morgan fingerprint density at radius 3 is 2.50 bits per heavy atom. The van der Waals surface area contributed by atoms with E-state index in [2.05, 4.69) is 10.6 Å². The number of amides is 2. The summed E-state index contributed by atoms with van der Waals surface area (Å²) in [5, 5.41) is 5.40. The number of carbonyl (C=O) groups excluding carboxylic acids is 2. The topological polar surface area (TPSA) is 93.5 Å². The van der Waals surface area contributed by atoms with Crippen LogP contribution in [0.4, 0.5) is 15.8 Å². The van der Waals surface area contributed by atoms with E-state index in [4.69, 9.17) is 10.5 Å². The maximum atomic E-state index is 14.1. The second kappa shape index (κ2) is 8.14. The van der Waals surface area contributed by atoms with Gasteiger partial charge in [-0.3, -0.25) is 9.59 Å². The molecule has 0 atom stereocenters. The first-order chi connectivity index (χ1) is 12.5. The van der Waals surface area contributed by atoms with E-state index in [1.165, 1.54) is 18.2 Å². The first-order valence-corrected chi connectivity index (χ1v) is 9.26. The highest BCUT2D eigenvalue weighted by molar-refractivity contribution is 5.99. The Balaban J connectivity index is 1.67. The normalized spacial score (nSPS) is 20.4. The highest BCUT2D eigenvalue weighted by Gasteiger charge is 2.36. The molecule has 6 nitrogen and oxygen atoms in total. The Kier molecular flexibility index (Phi) is 5.88. The third-order valence-electron chi connectivity index (χ3n) is 5.30. The summed E-state index contributed by atoms with van der Waals surface area (Å²) in [4.78, 5) is 24.8. The number of anilines is 2. The Hall–Kier alpha value is -1.99. The maximum Gasteiger partial charge on any atom is 0.244 e. The summed E-state index contributed by atoms with van der Waals surface area (Å²) in [7, 11) is 0. The largest absolute Gasteiger partial charge is 0.381 e. The van der Waals surface area contributed by atoms with Crippen LogP contribution < -0.4 is 16.4 Å². The maximum absolute atomic E-state index is 14.1. The second-order valence-electron chi connectivity index (χ2n) is 7.24. The zero-order chi connectivity index (χ0) is 18.6. The van der Waals surface area contributed by atoms with Gasteiger partial charge in [0, 0.05) is 24.8 Å². The molecular formula is C19H26FN3O3. The molecule has 0 spiro atoms. The van der Waals surface area contributed by atoms with E-state index < -0.39 is 11.4 Å². The van der Waals surface area contributed by atoms with Gasteiger partial charge in [-0.05, 0) is 43.9 Å². The molecule has 0 aromatic heterocycles. The van der Waals surface area contributed by atoms with Crippen molar-refractivity contribution in [2.24, 2.45) is 11.7 Å². The van der Waals surface area contributed by atoms with Gasteiger partial charge in [-0.25, -0.2) is 4.39 Å². The lowest BCUT2D eigenvalue weighted by molar-refractivity contribution is -0.124. The number of hydrogen-bond acceptors (Lipinski definition) is 4. The quantitative estimate of drug-likeness (QED) is 0.767. The highest BCUT2D eigenvalue weighted by atomic mass is 19.1. The number of nitrogens with two attached hydrogens (primary N) is 1. The number of nitrogens with one attached hydrogen (secondary N) is 2. The Labute approximate surface area is 152 Å². The summed E-state index contributed by atoms with van der Waals surface area (Å²) in [5.74, 6) is -1.08. The van der Waals surface area contributed by atoms with E-state index in [9.17, 15) is 14.0 Å². The van der Waals surface area contributed by atoms with Crippen LogP contribution in [0.1, 0.15) is 44.9 Å². The molecule has 3 rings (SSSR count). The summed E-state index contributed by atoms with van der Waals surface area (Å²) in [6, 6.07) is 4.14. The molecular weight excluding hydrogens is 337 g/mol. The van der Waals surface area contributed by atoms with Crippen molar-refractivity contribution in [3.63, 3.8) is 0 Å². The molecule has 1 aliphatic heterocycles. The number of hydrogen-bond donors (Lipinski definition) is 3. The molecule has 4 N–H and O–H groups in total. The number of carbonyl (C=O) groups is 2. The van der Waals surface area contributed by atoms with Crippen molar-refractivity contribution in [2.45, 2.75) is 50.5 Å². The van der Waals surface area contributed by atoms with Gasteiger partial charge in [0.2, 0.25) is 11.8 Å². The van der Waals surface area contributed by atoms with Crippen molar-refractivity contribution in [2.75, 3.05) is 23.8 Å². The van der Waals surface area contributed by atoms with Gasteiger partial charge in [0.1, 0.15) is 11.4 Å². The van der Waals surface area contributed by atoms with E-state index in [1.54, 1.807) is 0 Å². The minimum Gasteiger partial charge on any atom is -0.381 e. The Morgan fingerprint density at radius 2 is 1.81 bits per heavy atom. The Morgan fingerprint density at radius 1 is 1.12 bits per heavy atom. The van der Waals surface area contributed by atoms with Crippen LogP contribution in [0.15, 0.2) is 18.2 Å². The standard InChI is InChI=1S/C19H26FN3O3/c20-15-7-6-14(22-18(25)19(21)8-10-26-11-9-19)12-16(15)23-17(24)13-4-2-1-3-5-13/h6-7,12-13H,1-5,8-11,21H2,(H,22,25)(H,23,24). The Bertz CT molecular complexity index is 668. The lowest BCUT2D eigenvalue weighted by Crippen LogP contribution is -2.54. The van der Waals surface area contributed by atoms with Crippen molar-refractivity contribution in [3.05, 3.63) is 24.0 Å². The van der Waals surface area contributed by atoms with Gasteiger partial charge in [0.05, 0.1) is 5.69 Å². The molecule has 1 saturated carbocycles. The highest BCUT2D eigenvalue weighted by Crippen LogP contribution is 2.27. The molecule has 142 valence electrons. The molecule has 0 bridgehead atoms. The van der Waals surface area contributed by atoms with Crippen molar-refractivity contribution in [1.29, 1.82) is 0 Å². The van der Waals surface area contributed by atoms with Gasteiger partial charge < -0.3 is 21.1 Å². The molecule has 2 fully saturated rings.